The third kappa shape index (κ3) is 3.57. The van der Waals surface area contributed by atoms with Crippen molar-refractivity contribution in [3.8, 4) is 11.4 Å². The van der Waals surface area contributed by atoms with Crippen molar-refractivity contribution in [3.63, 3.8) is 0 Å². The first-order valence-electron chi connectivity index (χ1n) is 13.9. The van der Waals surface area contributed by atoms with Gasteiger partial charge in [0.1, 0.15) is 0 Å². The zero-order valence-corrected chi connectivity index (χ0v) is 22.4. The van der Waals surface area contributed by atoms with Crippen LogP contribution in [0.3, 0.4) is 0 Å². The Balaban J connectivity index is 1.18. The number of nitrogens with zero attached hydrogens (tertiary/aromatic N) is 2. The minimum absolute atomic E-state index is 0.896. The normalized spacial score (nSPS) is 11.7. The fourth-order valence-electron chi connectivity index (χ4n) is 6.37. The third-order valence-electron chi connectivity index (χ3n) is 8.18. The summed E-state index contributed by atoms with van der Waals surface area (Å²) >= 11 is 0. The molecule has 190 valence electrons. The Kier molecular flexibility index (Phi) is 5.14. The molecule has 8 aromatic rings. The molecule has 0 spiro atoms. The molecule has 0 aliphatic carbocycles. The largest absolute Gasteiger partial charge is 0.309 e. The lowest BCUT2D eigenvalue weighted by molar-refractivity contribution is 1.15. The highest BCUT2D eigenvalue weighted by molar-refractivity contribution is 6.10. The molecule has 6 aromatic carbocycles. The quantitative estimate of drug-likeness (QED) is 0.222. The predicted molar refractivity (Wildman–Crippen MR) is 169 cm³/mol. The van der Waals surface area contributed by atoms with E-state index in [-0.39, 0.29) is 0 Å². The van der Waals surface area contributed by atoms with Crippen LogP contribution in [0.25, 0.3) is 55.0 Å². The van der Waals surface area contributed by atoms with Gasteiger partial charge in [-0.15, -0.1) is 0 Å². The van der Waals surface area contributed by atoms with Gasteiger partial charge in [-0.2, -0.15) is 0 Å². The summed E-state index contributed by atoms with van der Waals surface area (Å²) in [6.07, 6.45) is 0.896. The molecule has 0 saturated heterocycles. The van der Waals surface area contributed by atoms with Crippen LogP contribution < -0.4 is 0 Å². The number of aromatic nitrogens is 2. The Morgan fingerprint density at radius 3 is 1.55 bits per heavy atom. The summed E-state index contributed by atoms with van der Waals surface area (Å²) < 4.78 is 4.77. The molecule has 0 aliphatic rings. The van der Waals surface area contributed by atoms with Crippen LogP contribution in [-0.4, -0.2) is 9.13 Å². The van der Waals surface area contributed by atoms with Crippen molar-refractivity contribution in [2.24, 2.45) is 0 Å². The van der Waals surface area contributed by atoms with E-state index < -0.39 is 0 Å². The summed E-state index contributed by atoms with van der Waals surface area (Å²) in [6, 6.07) is 50.9. The Morgan fingerprint density at radius 2 is 0.925 bits per heavy atom. The van der Waals surface area contributed by atoms with Crippen LogP contribution in [0.1, 0.15) is 16.7 Å². The van der Waals surface area contributed by atoms with Gasteiger partial charge >= 0.3 is 0 Å². The Labute approximate surface area is 233 Å². The van der Waals surface area contributed by atoms with Crippen molar-refractivity contribution >= 4 is 43.6 Å². The maximum absolute atomic E-state index is 2.39. The SMILES string of the molecule is Cc1cccc(-n2c3ccccc3c3cc(Cc4ccc(-n5c6ccccc6c6ccccc65)cc4)ccc32)c1. The molecule has 8 rings (SSSR count). The summed E-state index contributed by atoms with van der Waals surface area (Å²) in [7, 11) is 0. The van der Waals surface area contributed by atoms with E-state index in [9.17, 15) is 0 Å². The Morgan fingerprint density at radius 1 is 0.400 bits per heavy atom. The molecule has 0 atom stereocenters. The van der Waals surface area contributed by atoms with Crippen molar-refractivity contribution < 1.29 is 0 Å². The first kappa shape index (κ1) is 22.9. The summed E-state index contributed by atoms with van der Waals surface area (Å²) in [5, 5.41) is 5.18. The molecule has 0 fully saturated rings. The summed E-state index contributed by atoms with van der Waals surface area (Å²) in [5.41, 5.74) is 11.3. The molecular weight excluding hydrogens is 484 g/mol. The van der Waals surface area contributed by atoms with Gasteiger partial charge in [-0.05, 0) is 84.6 Å². The lowest BCUT2D eigenvalue weighted by Crippen LogP contribution is -1.95. The molecule has 40 heavy (non-hydrogen) atoms. The van der Waals surface area contributed by atoms with Gasteiger partial charge in [-0.3, -0.25) is 0 Å². The van der Waals surface area contributed by atoms with E-state index in [1.54, 1.807) is 0 Å². The second kappa shape index (κ2) is 9.00. The highest BCUT2D eigenvalue weighted by atomic mass is 15.0. The molecule has 0 N–H and O–H groups in total. The smallest absolute Gasteiger partial charge is 0.0541 e. The van der Waals surface area contributed by atoms with Crippen LogP contribution in [0.15, 0.2) is 140 Å². The first-order valence-corrected chi connectivity index (χ1v) is 13.9. The molecular formula is C38H28N2. The second-order valence-corrected chi connectivity index (χ2v) is 10.8. The third-order valence-corrected chi connectivity index (χ3v) is 8.18. The molecule has 0 aliphatic heterocycles. The van der Waals surface area contributed by atoms with E-state index in [1.165, 1.54) is 71.7 Å². The molecule has 2 heteroatoms. The van der Waals surface area contributed by atoms with E-state index in [0.29, 0.717) is 0 Å². The van der Waals surface area contributed by atoms with E-state index in [0.717, 1.165) is 6.42 Å². The molecule has 2 aromatic heterocycles. The fourth-order valence-corrected chi connectivity index (χ4v) is 6.37. The van der Waals surface area contributed by atoms with Crippen molar-refractivity contribution in [2.45, 2.75) is 13.3 Å². The van der Waals surface area contributed by atoms with Crippen molar-refractivity contribution in [1.29, 1.82) is 0 Å². The van der Waals surface area contributed by atoms with Gasteiger partial charge in [0, 0.05) is 32.9 Å². The van der Waals surface area contributed by atoms with Gasteiger partial charge in [0.05, 0.1) is 22.1 Å². The second-order valence-electron chi connectivity index (χ2n) is 10.8. The zero-order chi connectivity index (χ0) is 26.6. The number of benzene rings is 6. The molecule has 2 nitrogen and oxygen atoms in total. The molecule has 0 amide bonds. The van der Waals surface area contributed by atoms with Crippen molar-refractivity contribution in [3.05, 3.63) is 156 Å². The van der Waals surface area contributed by atoms with Crippen LogP contribution in [0.5, 0.6) is 0 Å². The van der Waals surface area contributed by atoms with Crippen LogP contribution in [0, 0.1) is 6.92 Å². The van der Waals surface area contributed by atoms with Gasteiger partial charge in [0.2, 0.25) is 0 Å². The minimum atomic E-state index is 0.896. The van der Waals surface area contributed by atoms with E-state index >= 15 is 0 Å². The Hall–Kier alpha value is -5.08. The van der Waals surface area contributed by atoms with Crippen molar-refractivity contribution in [1.82, 2.24) is 9.13 Å². The van der Waals surface area contributed by atoms with Gasteiger partial charge in [-0.1, -0.05) is 84.9 Å². The maximum atomic E-state index is 2.39. The summed E-state index contributed by atoms with van der Waals surface area (Å²) in [4.78, 5) is 0. The Bertz CT molecular complexity index is 2140. The lowest BCUT2D eigenvalue weighted by Gasteiger charge is -2.10. The average Bonchev–Trinajstić information content (AvgIpc) is 3.51. The molecule has 0 radical (unpaired) electrons. The van der Waals surface area contributed by atoms with Crippen LogP contribution >= 0.6 is 0 Å². The highest BCUT2D eigenvalue weighted by Gasteiger charge is 2.14. The monoisotopic (exact) mass is 512 g/mol. The number of fused-ring (bicyclic) bond motifs is 6. The summed E-state index contributed by atoms with van der Waals surface area (Å²) in [5.74, 6) is 0. The number of rotatable bonds is 4. The number of aryl methyl sites for hydroxylation is 1. The van der Waals surface area contributed by atoms with Gasteiger partial charge in [0.25, 0.3) is 0 Å². The number of hydrogen-bond donors (Lipinski definition) is 0. The predicted octanol–water partition coefficient (Wildman–Crippen LogP) is 9.78. The van der Waals surface area contributed by atoms with Crippen LogP contribution in [0.2, 0.25) is 0 Å². The van der Waals surface area contributed by atoms with Gasteiger partial charge in [-0.25, -0.2) is 0 Å². The maximum Gasteiger partial charge on any atom is 0.0541 e. The number of para-hydroxylation sites is 3. The minimum Gasteiger partial charge on any atom is -0.309 e. The van der Waals surface area contributed by atoms with Crippen molar-refractivity contribution in [2.75, 3.05) is 0 Å². The summed E-state index contributed by atoms with van der Waals surface area (Å²) in [6.45, 7) is 2.15. The lowest BCUT2D eigenvalue weighted by atomic mass is 10.0. The first-order chi connectivity index (χ1) is 19.7. The molecule has 0 saturated carbocycles. The molecule has 0 unspecified atom stereocenters. The highest BCUT2D eigenvalue weighted by Crippen LogP contribution is 2.34. The number of hydrogen-bond acceptors (Lipinski definition) is 0. The van der Waals surface area contributed by atoms with E-state index in [4.69, 9.17) is 0 Å². The average molecular weight is 513 g/mol. The molecule has 2 heterocycles. The molecule has 0 bridgehead atoms. The van der Waals surface area contributed by atoms with Crippen LogP contribution in [-0.2, 0) is 6.42 Å². The topological polar surface area (TPSA) is 9.86 Å². The zero-order valence-electron chi connectivity index (χ0n) is 22.4. The fraction of sp³-hybridized carbons (Fsp3) is 0.0526. The van der Waals surface area contributed by atoms with E-state index in [2.05, 4.69) is 156 Å². The van der Waals surface area contributed by atoms with E-state index in [1.807, 2.05) is 0 Å². The standard InChI is InChI=1S/C38H28N2/c1-26-9-8-10-30(23-26)40-37-16-7-4-13-33(37)34-25-28(19-22-38(34)40)24-27-17-20-29(21-18-27)39-35-14-5-2-11-31(35)32-12-3-6-15-36(32)39/h2-23,25H,24H2,1H3. The van der Waals surface area contributed by atoms with Crippen LogP contribution in [0.4, 0.5) is 0 Å². The van der Waals surface area contributed by atoms with Gasteiger partial charge in [0.15, 0.2) is 0 Å². The van der Waals surface area contributed by atoms with Gasteiger partial charge < -0.3 is 9.13 Å².